The normalized spacial score (nSPS) is 18.7. The number of hydrogen-bond acceptors (Lipinski definition) is 4. The first-order valence-electron chi connectivity index (χ1n) is 7.89. The maximum absolute atomic E-state index is 13.0. The van der Waals surface area contributed by atoms with Crippen molar-refractivity contribution in [3.63, 3.8) is 0 Å². The van der Waals surface area contributed by atoms with Crippen LogP contribution in [0.1, 0.15) is 45.0 Å². The van der Waals surface area contributed by atoms with Gasteiger partial charge in [0.2, 0.25) is 0 Å². The van der Waals surface area contributed by atoms with Gasteiger partial charge in [-0.15, -0.1) is 0 Å². The lowest BCUT2D eigenvalue weighted by Crippen LogP contribution is -2.42. The lowest BCUT2D eigenvalue weighted by molar-refractivity contribution is 0.491. The number of aromatic nitrogens is 4. The summed E-state index contributed by atoms with van der Waals surface area (Å²) in [7, 11) is 1.69. The summed E-state index contributed by atoms with van der Waals surface area (Å²) in [6.45, 7) is 8.26. The Kier molecular flexibility index (Phi) is 3.68. The summed E-state index contributed by atoms with van der Waals surface area (Å²) in [5.41, 5.74) is 0.540. The van der Waals surface area contributed by atoms with Gasteiger partial charge >= 0.3 is 5.69 Å². The summed E-state index contributed by atoms with van der Waals surface area (Å²) in [5.74, 6) is 1.05. The van der Waals surface area contributed by atoms with Crippen LogP contribution in [0.15, 0.2) is 9.59 Å². The Bertz CT molecular complexity index is 821. The smallest absolute Gasteiger partial charge is 0.322 e. The fourth-order valence-corrected chi connectivity index (χ4v) is 3.30. The first kappa shape index (κ1) is 15.0. The van der Waals surface area contributed by atoms with E-state index in [1.807, 2.05) is 25.3 Å². The van der Waals surface area contributed by atoms with Crippen LogP contribution in [0.3, 0.4) is 0 Å². The fraction of sp³-hybridized carbons (Fsp3) is 0.667. The van der Waals surface area contributed by atoms with E-state index in [9.17, 15) is 9.59 Å². The predicted octanol–water partition coefficient (Wildman–Crippen LogP) is 0.574. The molecular formula is C15H23N5O2. The van der Waals surface area contributed by atoms with Crippen LogP contribution in [0.25, 0.3) is 11.2 Å². The number of nitrogens with one attached hydrogen (secondary N) is 1. The highest BCUT2D eigenvalue weighted by Gasteiger charge is 2.26. The molecular weight excluding hydrogens is 282 g/mol. The Morgan fingerprint density at radius 1 is 1.36 bits per heavy atom. The molecule has 7 heteroatoms. The molecule has 1 unspecified atom stereocenters. The molecule has 2 aromatic heterocycles. The number of nitrogens with zero attached hydrogens (tertiary/aromatic N) is 4. The topological polar surface area (TPSA) is 73.8 Å². The maximum Gasteiger partial charge on any atom is 0.332 e. The molecule has 0 aliphatic carbocycles. The Morgan fingerprint density at radius 2 is 2.09 bits per heavy atom. The van der Waals surface area contributed by atoms with Crippen LogP contribution in [0.2, 0.25) is 0 Å². The molecule has 0 bridgehead atoms. The van der Waals surface area contributed by atoms with Crippen molar-refractivity contribution < 1.29 is 0 Å². The maximum atomic E-state index is 13.0. The van der Waals surface area contributed by atoms with E-state index in [0.29, 0.717) is 24.3 Å². The van der Waals surface area contributed by atoms with E-state index in [0.717, 1.165) is 18.8 Å². The van der Waals surface area contributed by atoms with Gasteiger partial charge in [-0.3, -0.25) is 13.9 Å². The van der Waals surface area contributed by atoms with Gasteiger partial charge in [-0.1, -0.05) is 13.8 Å². The van der Waals surface area contributed by atoms with Crippen LogP contribution in [0.4, 0.5) is 0 Å². The van der Waals surface area contributed by atoms with Crippen molar-refractivity contribution in [1.82, 2.24) is 24.0 Å². The van der Waals surface area contributed by atoms with Crippen LogP contribution in [0.5, 0.6) is 0 Å². The van der Waals surface area contributed by atoms with E-state index in [-0.39, 0.29) is 23.2 Å². The average Bonchev–Trinajstić information content (AvgIpc) is 3.12. The van der Waals surface area contributed by atoms with Crippen molar-refractivity contribution in [2.45, 2.75) is 45.7 Å². The van der Waals surface area contributed by atoms with E-state index in [1.54, 1.807) is 7.05 Å². The molecule has 0 amide bonds. The minimum Gasteiger partial charge on any atom is -0.322 e. The number of fused-ring (bicyclic) bond motifs is 1. The van der Waals surface area contributed by atoms with E-state index in [1.165, 1.54) is 9.13 Å². The second-order valence-electron chi connectivity index (χ2n) is 6.20. The number of hydrogen-bond donors (Lipinski definition) is 1. The third kappa shape index (κ3) is 2.03. The first-order valence-corrected chi connectivity index (χ1v) is 7.89. The molecule has 3 rings (SSSR count). The number of imidazole rings is 1. The van der Waals surface area contributed by atoms with E-state index >= 15 is 0 Å². The molecule has 2 aromatic rings. The molecule has 1 saturated heterocycles. The molecule has 1 N–H and O–H groups in total. The monoisotopic (exact) mass is 305 g/mol. The van der Waals surface area contributed by atoms with Crippen molar-refractivity contribution in [2.24, 2.45) is 7.05 Å². The largest absolute Gasteiger partial charge is 0.332 e. The Labute approximate surface area is 128 Å². The summed E-state index contributed by atoms with van der Waals surface area (Å²) in [6.07, 6.45) is 0.804. The summed E-state index contributed by atoms with van der Waals surface area (Å²) in [4.78, 5) is 30.2. The fourth-order valence-electron chi connectivity index (χ4n) is 3.30. The molecule has 7 nitrogen and oxygen atoms in total. The van der Waals surface area contributed by atoms with Gasteiger partial charge in [0.15, 0.2) is 11.2 Å². The van der Waals surface area contributed by atoms with Crippen LogP contribution in [0, 0.1) is 0 Å². The number of aryl methyl sites for hydroxylation is 2. The molecule has 0 aromatic carbocycles. The van der Waals surface area contributed by atoms with E-state index in [2.05, 4.69) is 10.3 Å². The highest BCUT2D eigenvalue weighted by molar-refractivity contribution is 5.71. The van der Waals surface area contributed by atoms with Gasteiger partial charge in [0.1, 0.15) is 5.82 Å². The second-order valence-corrected chi connectivity index (χ2v) is 6.20. The molecule has 0 saturated carbocycles. The molecule has 22 heavy (non-hydrogen) atoms. The Hall–Kier alpha value is -1.89. The molecule has 1 aliphatic heterocycles. The summed E-state index contributed by atoms with van der Waals surface area (Å²) in [5, 5.41) is 3.21. The van der Waals surface area contributed by atoms with Crippen molar-refractivity contribution in [3.8, 4) is 0 Å². The minimum atomic E-state index is -0.276. The van der Waals surface area contributed by atoms with Crippen LogP contribution in [-0.2, 0) is 13.6 Å². The Morgan fingerprint density at radius 3 is 2.64 bits per heavy atom. The van der Waals surface area contributed by atoms with E-state index < -0.39 is 0 Å². The summed E-state index contributed by atoms with van der Waals surface area (Å²) in [6, 6.07) is -0.0710. The summed E-state index contributed by atoms with van der Waals surface area (Å²) < 4.78 is 4.86. The standard InChI is InChI=1S/C15H23N5O2/c1-5-19-11-13(17-12(19)9(2)3)18(4)15(22)20(14(11)21)10-6-7-16-8-10/h9-10,16H,5-8H2,1-4H3. The molecule has 1 aliphatic rings. The predicted molar refractivity (Wildman–Crippen MR) is 85.5 cm³/mol. The minimum absolute atomic E-state index is 0.0710. The highest BCUT2D eigenvalue weighted by atomic mass is 16.2. The van der Waals surface area contributed by atoms with Gasteiger partial charge in [-0.05, 0) is 19.9 Å². The molecule has 1 atom stereocenters. The zero-order valence-corrected chi connectivity index (χ0v) is 13.6. The van der Waals surface area contributed by atoms with Crippen LogP contribution >= 0.6 is 0 Å². The first-order chi connectivity index (χ1) is 10.5. The third-order valence-electron chi connectivity index (χ3n) is 4.44. The van der Waals surface area contributed by atoms with Crippen molar-refractivity contribution in [3.05, 3.63) is 26.7 Å². The van der Waals surface area contributed by atoms with Crippen molar-refractivity contribution in [2.75, 3.05) is 13.1 Å². The highest BCUT2D eigenvalue weighted by Crippen LogP contribution is 2.19. The lowest BCUT2D eigenvalue weighted by Gasteiger charge is -2.14. The zero-order chi connectivity index (χ0) is 16.0. The average molecular weight is 305 g/mol. The summed E-state index contributed by atoms with van der Waals surface area (Å²) >= 11 is 0. The third-order valence-corrected chi connectivity index (χ3v) is 4.44. The molecule has 3 heterocycles. The molecule has 1 fully saturated rings. The van der Waals surface area contributed by atoms with E-state index in [4.69, 9.17) is 0 Å². The Balaban J connectivity index is 2.41. The SMILES string of the molecule is CCn1c(C(C)C)nc2c1c(=O)n(C1CCNC1)c(=O)n2C. The van der Waals surface area contributed by atoms with Crippen molar-refractivity contribution >= 4 is 11.2 Å². The molecule has 0 radical (unpaired) electrons. The van der Waals surface area contributed by atoms with Crippen molar-refractivity contribution in [1.29, 1.82) is 0 Å². The second kappa shape index (κ2) is 5.39. The molecule has 0 spiro atoms. The zero-order valence-electron chi connectivity index (χ0n) is 13.6. The van der Waals surface area contributed by atoms with Gasteiger partial charge in [0.05, 0.1) is 6.04 Å². The van der Waals surface area contributed by atoms with Gasteiger partial charge in [0.25, 0.3) is 5.56 Å². The molecule has 120 valence electrons. The lowest BCUT2D eigenvalue weighted by atomic mass is 10.2. The van der Waals surface area contributed by atoms with Crippen LogP contribution < -0.4 is 16.6 Å². The van der Waals surface area contributed by atoms with Crippen LogP contribution in [-0.4, -0.2) is 31.8 Å². The van der Waals surface area contributed by atoms with Gasteiger partial charge in [0, 0.05) is 26.1 Å². The number of rotatable bonds is 3. The van der Waals surface area contributed by atoms with Gasteiger partial charge in [-0.2, -0.15) is 0 Å². The quantitative estimate of drug-likeness (QED) is 0.900. The van der Waals surface area contributed by atoms with Gasteiger partial charge < -0.3 is 9.88 Å². The van der Waals surface area contributed by atoms with Gasteiger partial charge in [-0.25, -0.2) is 9.78 Å².